The van der Waals surface area contributed by atoms with Gasteiger partial charge in [0.2, 0.25) is 11.8 Å². The molecule has 2 aliphatic heterocycles. The number of phenols is 1. The van der Waals surface area contributed by atoms with E-state index >= 15 is 0 Å². The number of imide groups is 1. The lowest BCUT2D eigenvalue weighted by molar-refractivity contribution is -0.122. The minimum Gasteiger partial charge on any atom is -0.507 e. The summed E-state index contributed by atoms with van der Waals surface area (Å²) in [7, 11) is 0. The molecule has 3 aliphatic rings. The second-order valence-electron chi connectivity index (χ2n) is 9.56. The number of amides is 2. The minimum atomic E-state index is -0.456. The molecule has 6 nitrogen and oxygen atoms in total. The van der Waals surface area contributed by atoms with E-state index < -0.39 is 11.8 Å². The third kappa shape index (κ3) is 4.37. The van der Waals surface area contributed by atoms with Crippen LogP contribution >= 0.6 is 15.9 Å². The van der Waals surface area contributed by atoms with E-state index in [2.05, 4.69) is 15.9 Å². The van der Waals surface area contributed by atoms with Crippen LogP contribution in [0.3, 0.4) is 0 Å². The SMILES string of the molecule is C/C(=C\c1cc(Br)ccc1O)CC[C@H]1OC[C@H]2C1=C(CO)C[C@H]1C(=O)N(c3ccccc3)C(=O)[C@H]12. The van der Waals surface area contributed by atoms with E-state index in [1.807, 2.05) is 37.3 Å². The molecule has 182 valence electrons. The molecule has 2 aromatic carbocycles. The number of allylic oxidation sites excluding steroid dienone is 1. The summed E-state index contributed by atoms with van der Waals surface area (Å²) in [4.78, 5) is 28.0. The highest BCUT2D eigenvalue weighted by atomic mass is 79.9. The second kappa shape index (κ2) is 9.72. The van der Waals surface area contributed by atoms with Gasteiger partial charge in [-0.25, -0.2) is 0 Å². The van der Waals surface area contributed by atoms with E-state index in [4.69, 9.17) is 4.74 Å². The van der Waals surface area contributed by atoms with Crippen molar-refractivity contribution in [3.8, 4) is 5.75 Å². The molecule has 0 saturated carbocycles. The summed E-state index contributed by atoms with van der Waals surface area (Å²) in [6.07, 6.45) is 3.59. The number of rotatable bonds is 6. The van der Waals surface area contributed by atoms with Crippen molar-refractivity contribution in [3.05, 3.63) is 75.3 Å². The van der Waals surface area contributed by atoms with Crippen molar-refractivity contribution in [2.45, 2.75) is 32.3 Å². The Morgan fingerprint density at radius 1 is 1.14 bits per heavy atom. The summed E-state index contributed by atoms with van der Waals surface area (Å²) in [5.74, 6) is -1.23. The van der Waals surface area contributed by atoms with Gasteiger partial charge in [-0.2, -0.15) is 0 Å². The van der Waals surface area contributed by atoms with Gasteiger partial charge in [-0.3, -0.25) is 14.5 Å². The zero-order valence-corrected chi connectivity index (χ0v) is 21.1. The summed E-state index contributed by atoms with van der Waals surface area (Å²) < 4.78 is 7.07. The average Bonchev–Trinajstić information content (AvgIpc) is 3.38. The number of halogens is 1. The molecule has 2 amide bonds. The molecule has 2 aromatic rings. The zero-order valence-electron chi connectivity index (χ0n) is 19.5. The first-order valence-corrected chi connectivity index (χ1v) is 12.7. The van der Waals surface area contributed by atoms with Crippen molar-refractivity contribution in [2.24, 2.45) is 17.8 Å². The maximum Gasteiger partial charge on any atom is 0.238 e. The van der Waals surface area contributed by atoms with Gasteiger partial charge >= 0.3 is 0 Å². The lowest BCUT2D eigenvalue weighted by Gasteiger charge is -2.31. The Labute approximate surface area is 213 Å². The van der Waals surface area contributed by atoms with Crippen molar-refractivity contribution < 1.29 is 24.5 Å². The first kappa shape index (κ1) is 24.0. The van der Waals surface area contributed by atoms with Crippen LogP contribution in [-0.4, -0.2) is 41.3 Å². The highest BCUT2D eigenvalue weighted by Crippen LogP contribution is 2.50. The number of hydrogen-bond acceptors (Lipinski definition) is 5. The molecule has 0 unspecified atom stereocenters. The number of aromatic hydroxyl groups is 1. The fraction of sp³-hybridized carbons (Fsp3) is 0.357. The molecular weight excluding hydrogens is 510 g/mol. The summed E-state index contributed by atoms with van der Waals surface area (Å²) in [6.45, 7) is 2.26. The van der Waals surface area contributed by atoms with Crippen molar-refractivity contribution in [1.82, 2.24) is 0 Å². The van der Waals surface area contributed by atoms with Crippen LogP contribution in [0.1, 0.15) is 31.7 Å². The fourth-order valence-corrected chi connectivity index (χ4v) is 6.17. The van der Waals surface area contributed by atoms with Crippen molar-refractivity contribution >= 4 is 39.5 Å². The zero-order chi connectivity index (χ0) is 24.7. The fourth-order valence-electron chi connectivity index (χ4n) is 5.79. The van der Waals surface area contributed by atoms with E-state index in [1.165, 1.54) is 4.90 Å². The number of aliphatic hydroxyl groups excluding tert-OH is 1. The van der Waals surface area contributed by atoms with Crippen LogP contribution < -0.4 is 4.90 Å². The Morgan fingerprint density at radius 2 is 1.91 bits per heavy atom. The monoisotopic (exact) mass is 537 g/mol. The average molecular weight is 538 g/mol. The molecule has 0 radical (unpaired) electrons. The van der Waals surface area contributed by atoms with Gasteiger partial charge in [0.15, 0.2) is 0 Å². The molecule has 0 bridgehead atoms. The Kier molecular flexibility index (Phi) is 6.66. The number of phenolic OH excluding ortho intramolecular Hbond substituents is 1. The van der Waals surface area contributed by atoms with Gasteiger partial charge in [-0.15, -0.1) is 0 Å². The van der Waals surface area contributed by atoms with Gasteiger partial charge in [0.1, 0.15) is 5.75 Å². The largest absolute Gasteiger partial charge is 0.507 e. The number of benzene rings is 2. The minimum absolute atomic E-state index is 0.136. The second-order valence-corrected chi connectivity index (χ2v) is 10.5. The van der Waals surface area contributed by atoms with E-state index in [0.717, 1.165) is 33.2 Å². The smallest absolute Gasteiger partial charge is 0.238 e. The number of fused-ring (bicyclic) bond motifs is 3. The number of ether oxygens (including phenoxy) is 1. The maximum atomic E-state index is 13.5. The van der Waals surface area contributed by atoms with E-state index in [0.29, 0.717) is 25.1 Å². The molecule has 2 heterocycles. The molecule has 0 spiro atoms. The van der Waals surface area contributed by atoms with E-state index in [-0.39, 0.29) is 36.2 Å². The van der Waals surface area contributed by atoms with Crippen LogP contribution in [0.5, 0.6) is 5.75 Å². The normalized spacial score (nSPS) is 26.4. The lowest BCUT2D eigenvalue weighted by Crippen LogP contribution is -2.35. The topological polar surface area (TPSA) is 87.1 Å². The third-order valence-electron chi connectivity index (χ3n) is 7.41. The van der Waals surface area contributed by atoms with Gasteiger partial charge in [0.05, 0.1) is 36.8 Å². The number of para-hydroxylation sites is 1. The van der Waals surface area contributed by atoms with Crippen LogP contribution in [0, 0.1) is 17.8 Å². The molecule has 2 fully saturated rings. The molecule has 1 aliphatic carbocycles. The van der Waals surface area contributed by atoms with Gasteiger partial charge < -0.3 is 14.9 Å². The molecule has 2 N–H and O–H groups in total. The standard InChI is InChI=1S/C28H28BrNO5/c1-16(11-17-12-19(29)8-9-23(17)32)7-10-24-25-18(14-31)13-21-26(22(25)15-35-24)28(34)30(27(21)33)20-5-3-2-4-6-20/h2-6,8-9,11-12,21-22,24,26,31-32H,7,10,13-15H2,1H3/b16-11+/t21-,22+,24-,26-/m1/s1. The van der Waals surface area contributed by atoms with Crippen LogP contribution in [-0.2, 0) is 14.3 Å². The van der Waals surface area contributed by atoms with Crippen LogP contribution in [0.15, 0.2) is 69.7 Å². The molecule has 7 heteroatoms. The third-order valence-corrected chi connectivity index (χ3v) is 7.90. The quantitative estimate of drug-likeness (QED) is 0.406. The lowest BCUT2D eigenvalue weighted by atomic mass is 9.69. The molecular formula is C28H28BrNO5. The number of aliphatic hydroxyl groups is 1. The Bertz CT molecular complexity index is 1220. The number of hydrogen-bond donors (Lipinski definition) is 2. The van der Waals surface area contributed by atoms with Crippen molar-refractivity contribution in [1.29, 1.82) is 0 Å². The van der Waals surface area contributed by atoms with Crippen LogP contribution in [0.4, 0.5) is 5.69 Å². The summed E-state index contributed by atoms with van der Waals surface area (Å²) in [6, 6.07) is 14.4. The predicted octanol–water partition coefficient (Wildman–Crippen LogP) is 4.85. The first-order valence-electron chi connectivity index (χ1n) is 11.9. The number of anilines is 1. The first-order chi connectivity index (χ1) is 16.9. The number of carbonyl (C=O) groups is 2. The van der Waals surface area contributed by atoms with Gasteiger partial charge in [-0.05, 0) is 67.7 Å². The summed E-state index contributed by atoms with van der Waals surface area (Å²) in [5, 5.41) is 20.3. The summed E-state index contributed by atoms with van der Waals surface area (Å²) in [5.41, 5.74) is 4.27. The Hall–Kier alpha value is -2.74. The number of carbonyl (C=O) groups excluding carboxylic acids is 2. The predicted molar refractivity (Wildman–Crippen MR) is 137 cm³/mol. The molecule has 5 rings (SSSR count). The van der Waals surface area contributed by atoms with Gasteiger partial charge in [0, 0.05) is 16.0 Å². The maximum absolute atomic E-state index is 13.5. The summed E-state index contributed by atoms with van der Waals surface area (Å²) >= 11 is 3.44. The molecule has 0 aromatic heterocycles. The number of nitrogens with zero attached hydrogens (tertiary/aromatic N) is 1. The van der Waals surface area contributed by atoms with Crippen LogP contribution in [0.25, 0.3) is 6.08 Å². The van der Waals surface area contributed by atoms with Crippen molar-refractivity contribution in [2.75, 3.05) is 18.1 Å². The van der Waals surface area contributed by atoms with Crippen molar-refractivity contribution in [3.63, 3.8) is 0 Å². The van der Waals surface area contributed by atoms with Gasteiger partial charge in [-0.1, -0.05) is 45.8 Å². The Balaban J connectivity index is 1.36. The van der Waals surface area contributed by atoms with Gasteiger partial charge in [0.25, 0.3) is 0 Å². The molecule has 2 saturated heterocycles. The highest BCUT2D eigenvalue weighted by Gasteiger charge is 2.57. The van der Waals surface area contributed by atoms with E-state index in [1.54, 1.807) is 24.3 Å². The highest BCUT2D eigenvalue weighted by molar-refractivity contribution is 9.10. The Morgan fingerprint density at radius 3 is 2.66 bits per heavy atom. The van der Waals surface area contributed by atoms with Crippen LogP contribution in [0.2, 0.25) is 0 Å². The molecule has 4 atom stereocenters. The molecule has 35 heavy (non-hydrogen) atoms. The van der Waals surface area contributed by atoms with E-state index in [9.17, 15) is 19.8 Å².